The van der Waals surface area contributed by atoms with E-state index in [0.717, 1.165) is 29.9 Å². The summed E-state index contributed by atoms with van der Waals surface area (Å²) in [4.78, 5) is 11.7. The minimum Gasteiger partial charge on any atom is -0.325 e. The molecule has 1 aliphatic carbocycles. The van der Waals surface area contributed by atoms with Gasteiger partial charge in [0.25, 0.3) is 0 Å². The van der Waals surface area contributed by atoms with Crippen LogP contribution in [0.15, 0.2) is 24.3 Å². The number of amides is 1. The van der Waals surface area contributed by atoms with Crippen molar-refractivity contribution in [2.45, 2.75) is 38.3 Å². The van der Waals surface area contributed by atoms with Crippen molar-refractivity contribution in [3.63, 3.8) is 0 Å². The number of hydrogen-bond donors (Lipinski definition) is 2. The van der Waals surface area contributed by atoms with Gasteiger partial charge in [0.2, 0.25) is 5.91 Å². The van der Waals surface area contributed by atoms with E-state index in [1.165, 1.54) is 0 Å². The van der Waals surface area contributed by atoms with Crippen LogP contribution in [0.3, 0.4) is 0 Å². The number of rotatable bonds is 5. The number of hydrogen-bond acceptors (Lipinski definition) is 5. The number of anilines is 1. The SMILES string of the molecule is CC[C@@H](N)C(=O)Nc1ccc(-c2nnnn2C2CC2)cc1. The predicted octanol–water partition coefficient (Wildman–Crippen LogP) is 1.35. The molecule has 110 valence electrons. The smallest absolute Gasteiger partial charge is 0.241 e. The molecule has 1 heterocycles. The molecule has 1 atom stereocenters. The van der Waals surface area contributed by atoms with Gasteiger partial charge in [0.15, 0.2) is 5.82 Å². The van der Waals surface area contributed by atoms with E-state index >= 15 is 0 Å². The maximum absolute atomic E-state index is 11.7. The summed E-state index contributed by atoms with van der Waals surface area (Å²) < 4.78 is 1.86. The highest BCUT2D eigenvalue weighted by atomic mass is 16.2. The van der Waals surface area contributed by atoms with Gasteiger partial charge in [-0.05, 0) is 54.0 Å². The highest BCUT2D eigenvalue weighted by Crippen LogP contribution is 2.36. The van der Waals surface area contributed by atoms with E-state index in [1.807, 2.05) is 35.9 Å². The minimum atomic E-state index is -0.480. The Bertz CT molecular complexity index is 631. The lowest BCUT2D eigenvalue weighted by Crippen LogP contribution is -2.34. The van der Waals surface area contributed by atoms with Crippen LogP contribution >= 0.6 is 0 Å². The fourth-order valence-corrected chi connectivity index (χ4v) is 2.07. The number of aromatic nitrogens is 4. The van der Waals surface area contributed by atoms with Crippen LogP contribution < -0.4 is 11.1 Å². The molecule has 0 bridgehead atoms. The fourth-order valence-electron chi connectivity index (χ4n) is 2.07. The second kappa shape index (κ2) is 5.61. The summed E-state index contributed by atoms with van der Waals surface area (Å²) in [7, 11) is 0. The summed E-state index contributed by atoms with van der Waals surface area (Å²) in [5.41, 5.74) is 7.34. The lowest BCUT2D eigenvalue weighted by atomic mass is 10.1. The van der Waals surface area contributed by atoms with E-state index in [4.69, 9.17) is 5.73 Å². The van der Waals surface area contributed by atoms with Crippen molar-refractivity contribution in [2.24, 2.45) is 5.73 Å². The molecule has 2 aromatic rings. The van der Waals surface area contributed by atoms with Gasteiger partial charge >= 0.3 is 0 Å². The Balaban J connectivity index is 1.75. The first-order chi connectivity index (χ1) is 10.2. The van der Waals surface area contributed by atoms with Gasteiger partial charge < -0.3 is 11.1 Å². The third kappa shape index (κ3) is 2.92. The highest BCUT2D eigenvalue weighted by Gasteiger charge is 2.28. The molecule has 0 aliphatic heterocycles. The molecule has 0 saturated heterocycles. The monoisotopic (exact) mass is 286 g/mol. The molecule has 3 rings (SSSR count). The Morgan fingerprint density at radius 3 is 2.76 bits per heavy atom. The van der Waals surface area contributed by atoms with Crippen molar-refractivity contribution in [1.29, 1.82) is 0 Å². The van der Waals surface area contributed by atoms with Crippen molar-refractivity contribution in [2.75, 3.05) is 5.32 Å². The number of carbonyl (C=O) groups excluding carboxylic acids is 1. The zero-order chi connectivity index (χ0) is 14.8. The van der Waals surface area contributed by atoms with Crippen LogP contribution in [0.4, 0.5) is 5.69 Å². The van der Waals surface area contributed by atoms with E-state index in [2.05, 4.69) is 20.8 Å². The second-order valence-electron chi connectivity index (χ2n) is 5.26. The van der Waals surface area contributed by atoms with Crippen LogP contribution in [0.1, 0.15) is 32.2 Å². The lowest BCUT2D eigenvalue weighted by Gasteiger charge is -2.10. The maximum Gasteiger partial charge on any atom is 0.241 e. The molecule has 3 N–H and O–H groups in total. The van der Waals surface area contributed by atoms with Gasteiger partial charge in [-0.2, -0.15) is 0 Å². The van der Waals surface area contributed by atoms with Crippen molar-refractivity contribution >= 4 is 11.6 Å². The third-order valence-corrected chi connectivity index (χ3v) is 3.57. The van der Waals surface area contributed by atoms with Crippen LogP contribution in [0.2, 0.25) is 0 Å². The molecule has 0 unspecified atom stereocenters. The molecular weight excluding hydrogens is 268 g/mol. The fraction of sp³-hybridized carbons (Fsp3) is 0.429. The van der Waals surface area contributed by atoms with E-state index < -0.39 is 6.04 Å². The summed E-state index contributed by atoms with van der Waals surface area (Å²) in [6.45, 7) is 1.88. The normalized spacial score (nSPS) is 15.7. The summed E-state index contributed by atoms with van der Waals surface area (Å²) in [6.07, 6.45) is 2.86. The quantitative estimate of drug-likeness (QED) is 0.864. The molecule has 0 spiro atoms. The van der Waals surface area contributed by atoms with E-state index in [1.54, 1.807) is 0 Å². The first-order valence-electron chi connectivity index (χ1n) is 7.13. The predicted molar refractivity (Wildman–Crippen MR) is 78.4 cm³/mol. The van der Waals surface area contributed by atoms with Gasteiger partial charge in [0.05, 0.1) is 12.1 Å². The highest BCUT2D eigenvalue weighted by molar-refractivity contribution is 5.94. The van der Waals surface area contributed by atoms with Gasteiger partial charge in [-0.1, -0.05) is 6.92 Å². The lowest BCUT2D eigenvalue weighted by molar-refractivity contribution is -0.117. The van der Waals surface area contributed by atoms with Crippen LogP contribution in [0.5, 0.6) is 0 Å². The van der Waals surface area contributed by atoms with Gasteiger partial charge in [0.1, 0.15) is 0 Å². The molecule has 1 fully saturated rings. The number of carbonyl (C=O) groups is 1. The summed E-state index contributed by atoms with van der Waals surface area (Å²) in [5.74, 6) is 0.591. The molecule has 1 amide bonds. The van der Waals surface area contributed by atoms with Crippen LogP contribution in [0.25, 0.3) is 11.4 Å². The summed E-state index contributed by atoms with van der Waals surface area (Å²) in [5, 5.41) is 14.6. The van der Waals surface area contributed by atoms with Crippen LogP contribution in [-0.4, -0.2) is 32.2 Å². The average Bonchev–Trinajstić information content (AvgIpc) is 3.24. The van der Waals surface area contributed by atoms with Gasteiger partial charge in [0, 0.05) is 11.3 Å². The Morgan fingerprint density at radius 1 is 1.43 bits per heavy atom. The van der Waals surface area contributed by atoms with E-state index in [-0.39, 0.29) is 5.91 Å². The van der Waals surface area contributed by atoms with Crippen molar-refractivity contribution < 1.29 is 4.79 Å². The summed E-state index contributed by atoms with van der Waals surface area (Å²) in [6, 6.07) is 7.42. The number of nitrogens with zero attached hydrogens (tertiary/aromatic N) is 4. The first-order valence-corrected chi connectivity index (χ1v) is 7.13. The van der Waals surface area contributed by atoms with Crippen molar-refractivity contribution in [3.05, 3.63) is 24.3 Å². The zero-order valence-corrected chi connectivity index (χ0v) is 11.9. The molecule has 0 radical (unpaired) electrons. The topological polar surface area (TPSA) is 98.7 Å². The molecule has 1 aromatic carbocycles. The number of nitrogens with two attached hydrogens (primary N) is 1. The van der Waals surface area contributed by atoms with Crippen molar-refractivity contribution in [1.82, 2.24) is 20.2 Å². The maximum atomic E-state index is 11.7. The molecule has 1 saturated carbocycles. The Hall–Kier alpha value is -2.28. The van der Waals surface area contributed by atoms with Gasteiger partial charge in [-0.15, -0.1) is 5.10 Å². The van der Waals surface area contributed by atoms with Gasteiger partial charge in [-0.25, -0.2) is 4.68 Å². The molecule has 7 heteroatoms. The van der Waals surface area contributed by atoms with E-state index in [9.17, 15) is 4.79 Å². The van der Waals surface area contributed by atoms with Crippen LogP contribution in [0, 0.1) is 0 Å². The first kappa shape index (κ1) is 13.7. The Morgan fingerprint density at radius 2 is 2.14 bits per heavy atom. The largest absolute Gasteiger partial charge is 0.325 e. The Labute approximate surface area is 122 Å². The second-order valence-corrected chi connectivity index (χ2v) is 5.26. The molecular formula is C14H18N6O. The zero-order valence-electron chi connectivity index (χ0n) is 11.9. The molecule has 1 aliphatic rings. The minimum absolute atomic E-state index is 0.173. The standard InChI is InChI=1S/C14H18N6O/c1-2-12(15)14(21)16-10-5-3-9(4-6-10)13-17-18-19-20(13)11-7-8-11/h3-6,11-12H,2,7-8,15H2,1H3,(H,16,21)/t12-/m1/s1. The van der Waals surface area contributed by atoms with Gasteiger partial charge in [-0.3, -0.25) is 4.79 Å². The molecule has 1 aromatic heterocycles. The number of tetrazole rings is 1. The molecule has 7 nitrogen and oxygen atoms in total. The third-order valence-electron chi connectivity index (χ3n) is 3.57. The number of nitrogens with one attached hydrogen (secondary N) is 1. The molecule has 21 heavy (non-hydrogen) atoms. The summed E-state index contributed by atoms with van der Waals surface area (Å²) >= 11 is 0. The Kier molecular flexibility index (Phi) is 3.66. The van der Waals surface area contributed by atoms with Crippen LogP contribution in [-0.2, 0) is 4.79 Å². The van der Waals surface area contributed by atoms with Crippen molar-refractivity contribution in [3.8, 4) is 11.4 Å². The average molecular weight is 286 g/mol. The number of benzene rings is 1. The van der Waals surface area contributed by atoms with E-state index in [0.29, 0.717) is 12.5 Å².